The Labute approximate surface area is 164 Å². The topological polar surface area (TPSA) is 55.6 Å². The molecule has 1 aliphatic rings. The van der Waals surface area contributed by atoms with Crippen molar-refractivity contribution in [2.24, 2.45) is 0 Å². The van der Waals surface area contributed by atoms with E-state index < -0.39 is 11.6 Å². The summed E-state index contributed by atoms with van der Waals surface area (Å²) in [5.74, 6) is -0.817. The van der Waals surface area contributed by atoms with Crippen molar-refractivity contribution >= 4 is 17.2 Å². The Morgan fingerprint density at radius 3 is 2.75 bits per heavy atom. The van der Waals surface area contributed by atoms with Crippen molar-refractivity contribution in [2.45, 2.75) is 25.9 Å². The predicted octanol–water partition coefficient (Wildman–Crippen LogP) is 4.67. The molecule has 0 spiro atoms. The van der Waals surface area contributed by atoms with Gasteiger partial charge in [-0.05, 0) is 31.2 Å². The highest BCUT2D eigenvalue weighted by atomic mass is 32.1. The SMILES string of the molecule is Cc1sc(-c2ccco2)nc1C(=O)N1CCC(Oc2ccc(F)cc2F)CC1. The molecule has 28 heavy (non-hydrogen) atoms. The van der Waals surface area contributed by atoms with Crippen molar-refractivity contribution in [1.29, 1.82) is 0 Å². The van der Waals surface area contributed by atoms with Gasteiger partial charge >= 0.3 is 0 Å². The summed E-state index contributed by atoms with van der Waals surface area (Å²) in [4.78, 5) is 19.9. The van der Waals surface area contributed by atoms with Gasteiger partial charge in [-0.3, -0.25) is 4.79 Å². The number of benzene rings is 1. The number of piperidine rings is 1. The number of furan rings is 1. The lowest BCUT2D eigenvalue weighted by Gasteiger charge is -2.32. The highest BCUT2D eigenvalue weighted by molar-refractivity contribution is 7.15. The summed E-state index contributed by atoms with van der Waals surface area (Å²) >= 11 is 1.42. The maximum Gasteiger partial charge on any atom is 0.273 e. The normalized spacial score (nSPS) is 15.0. The van der Waals surface area contributed by atoms with Crippen LogP contribution < -0.4 is 4.74 Å². The van der Waals surface area contributed by atoms with E-state index in [2.05, 4.69) is 4.98 Å². The quantitative estimate of drug-likeness (QED) is 0.634. The first-order valence-corrected chi connectivity index (χ1v) is 9.75. The monoisotopic (exact) mass is 404 g/mol. The number of hydrogen-bond acceptors (Lipinski definition) is 5. The van der Waals surface area contributed by atoms with Gasteiger partial charge in [-0.1, -0.05) is 0 Å². The molecule has 4 rings (SSSR count). The molecule has 0 bridgehead atoms. The number of rotatable bonds is 4. The molecule has 1 fully saturated rings. The summed E-state index contributed by atoms with van der Waals surface area (Å²) in [7, 11) is 0. The summed E-state index contributed by atoms with van der Waals surface area (Å²) < 4.78 is 37.8. The number of carbonyl (C=O) groups excluding carboxylic acids is 1. The molecule has 2 aromatic heterocycles. The van der Waals surface area contributed by atoms with E-state index in [1.54, 1.807) is 17.2 Å². The van der Waals surface area contributed by atoms with Gasteiger partial charge in [0.25, 0.3) is 5.91 Å². The van der Waals surface area contributed by atoms with Crippen LogP contribution in [0, 0.1) is 18.6 Å². The summed E-state index contributed by atoms with van der Waals surface area (Å²) in [6.07, 6.45) is 2.48. The number of thiazole rings is 1. The second kappa shape index (κ2) is 7.71. The second-order valence-corrected chi connectivity index (χ2v) is 7.79. The van der Waals surface area contributed by atoms with Crippen LogP contribution in [0.5, 0.6) is 5.75 Å². The smallest absolute Gasteiger partial charge is 0.273 e. The van der Waals surface area contributed by atoms with Crippen molar-refractivity contribution in [3.05, 3.63) is 58.8 Å². The number of nitrogens with zero attached hydrogens (tertiary/aromatic N) is 2. The average molecular weight is 404 g/mol. The molecule has 1 aromatic carbocycles. The molecule has 0 aliphatic carbocycles. The number of ether oxygens (including phenoxy) is 1. The molecule has 0 radical (unpaired) electrons. The van der Waals surface area contributed by atoms with Gasteiger partial charge in [0, 0.05) is 36.9 Å². The number of carbonyl (C=O) groups is 1. The number of halogens is 2. The Morgan fingerprint density at radius 1 is 1.29 bits per heavy atom. The van der Waals surface area contributed by atoms with E-state index in [9.17, 15) is 13.6 Å². The van der Waals surface area contributed by atoms with Crippen LogP contribution in [0.3, 0.4) is 0 Å². The maximum absolute atomic E-state index is 13.8. The Hall–Kier alpha value is -2.74. The lowest BCUT2D eigenvalue weighted by molar-refractivity contribution is 0.0583. The molecule has 0 unspecified atom stereocenters. The van der Waals surface area contributed by atoms with Gasteiger partial charge in [-0.15, -0.1) is 11.3 Å². The van der Waals surface area contributed by atoms with E-state index >= 15 is 0 Å². The third kappa shape index (κ3) is 3.77. The standard InChI is InChI=1S/C20H18F2N2O3S/c1-12-18(23-19(28-12)17-3-2-10-26-17)20(25)24-8-6-14(7-9-24)27-16-5-4-13(21)11-15(16)22/h2-5,10-11,14H,6-9H2,1H3. The summed E-state index contributed by atoms with van der Waals surface area (Å²) in [6, 6.07) is 6.84. The van der Waals surface area contributed by atoms with Crippen LogP contribution in [0.2, 0.25) is 0 Å². The molecule has 3 heterocycles. The molecule has 0 saturated carbocycles. The van der Waals surface area contributed by atoms with E-state index in [-0.39, 0.29) is 17.8 Å². The third-order valence-corrected chi connectivity index (χ3v) is 5.63. The first-order chi connectivity index (χ1) is 13.5. The molecule has 0 N–H and O–H groups in total. The summed E-state index contributed by atoms with van der Waals surface area (Å²) in [5.41, 5.74) is 0.431. The zero-order valence-corrected chi connectivity index (χ0v) is 16.0. The Balaban J connectivity index is 1.39. The second-order valence-electron chi connectivity index (χ2n) is 6.59. The fourth-order valence-electron chi connectivity index (χ4n) is 3.18. The van der Waals surface area contributed by atoms with E-state index in [0.29, 0.717) is 42.4 Å². The molecule has 5 nitrogen and oxygen atoms in total. The van der Waals surface area contributed by atoms with Gasteiger partial charge < -0.3 is 14.1 Å². The first kappa shape index (κ1) is 18.6. The average Bonchev–Trinajstić information content (AvgIpc) is 3.34. The lowest BCUT2D eigenvalue weighted by atomic mass is 10.1. The zero-order valence-electron chi connectivity index (χ0n) is 15.2. The van der Waals surface area contributed by atoms with Gasteiger partial charge in [-0.25, -0.2) is 13.8 Å². The van der Waals surface area contributed by atoms with Crippen molar-refractivity contribution in [3.63, 3.8) is 0 Å². The number of likely N-dealkylation sites (tertiary alicyclic amines) is 1. The van der Waals surface area contributed by atoms with Crippen LogP contribution in [0.4, 0.5) is 8.78 Å². The zero-order chi connectivity index (χ0) is 19.7. The minimum absolute atomic E-state index is 0.0320. The summed E-state index contributed by atoms with van der Waals surface area (Å²) in [6.45, 7) is 2.84. The number of aromatic nitrogens is 1. The van der Waals surface area contributed by atoms with E-state index in [0.717, 1.165) is 10.9 Å². The summed E-state index contributed by atoms with van der Waals surface area (Å²) in [5, 5.41) is 0.677. The molecule has 8 heteroatoms. The largest absolute Gasteiger partial charge is 0.487 e. The van der Waals surface area contributed by atoms with Crippen LogP contribution in [0.15, 0.2) is 41.0 Å². The molecule has 0 atom stereocenters. The molecule has 146 valence electrons. The van der Waals surface area contributed by atoms with Crippen molar-refractivity contribution in [2.75, 3.05) is 13.1 Å². The van der Waals surface area contributed by atoms with E-state index in [1.807, 2.05) is 13.0 Å². The molecule has 3 aromatic rings. The first-order valence-electron chi connectivity index (χ1n) is 8.93. The fraction of sp³-hybridized carbons (Fsp3) is 0.300. The van der Waals surface area contributed by atoms with E-state index in [4.69, 9.17) is 9.15 Å². The Kier molecular flexibility index (Phi) is 5.13. The van der Waals surface area contributed by atoms with Crippen molar-refractivity contribution < 1.29 is 22.7 Å². The molecule has 1 aliphatic heterocycles. The van der Waals surface area contributed by atoms with E-state index in [1.165, 1.54) is 23.5 Å². The van der Waals surface area contributed by atoms with Crippen molar-refractivity contribution in [3.8, 4) is 16.5 Å². The maximum atomic E-state index is 13.8. The molecular weight excluding hydrogens is 386 g/mol. The highest BCUT2D eigenvalue weighted by Gasteiger charge is 2.28. The molecule has 1 amide bonds. The molecular formula is C20H18F2N2O3S. The fourth-order valence-corrected chi connectivity index (χ4v) is 4.05. The highest BCUT2D eigenvalue weighted by Crippen LogP contribution is 2.29. The van der Waals surface area contributed by atoms with Crippen LogP contribution in [0.1, 0.15) is 28.2 Å². The van der Waals surface area contributed by atoms with Crippen LogP contribution in [-0.4, -0.2) is 35.0 Å². The van der Waals surface area contributed by atoms with Gasteiger partial charge in [0.2, 0.25) is 0 Å². The Bertz CT molecular complexity index is 980. The lowest BCUT2D eigenvalue weighted by Crippen LogP contribution is -2.42. The molecule has 1 saturated heterocycles. The van der Waals surface area contributed by atoms with Gasteiger partial charge in [0.1, 0.15) is 17.6 Å². The van der Waals surface area contributed by atoms with Gasteiger partial charge in [-0.2, -0.15) is 0 Å². The van der Waals surface area contributed by atoms with Crippen LogP contribution in [0.25, 0.3) is 10.8 Å². The minimum atomic E-state index is -0.720. The van der Waals surface area contributed by atoms with Crippen molar-refractivity contribution in [1.82, 2.24) is 9.88 Å². The Morgan fingerprint density at radius 2 is 2.07 bits per heavy atom. The minimum Gasteiger partial charge on any atom is -0.487 e. The predicted molar refractivity (Wildman–Crippen MR) is 100 cm³/mol. The van der Waals surface area contributed by atoms with Gasteiger partial charge in [0.05, 0.1) is 6.26 Å². The number of aryl methyl sites for hydroxylation is 1. The van der Waals surface area contributed by atoms with Crippen LogP contribution >= 0.6 is 11.3 Å². The van der Waals surface area contributed by atoms with Crippen LogP contribution in [-0.2, 0) is 0 Å². The number of hydrogen-bond donors (Lipinski definition) is 0. The third-order valence-electron chi connectivity index (χ3n) is 4.65. The number of amides is 1. The van der Waals surface area contributed by atoms with Gasteiger partial charge in [0.15, 0.2) is 22.3 Å².